The molecule has 0 spiro atoms. The van der Waals surface area contributed by atoms with Crippen molar-refractivity contribution in [2.24, 2.45) is 0 Å². The summed E-state index contributed by atoms with van der Waals surface area (Å²) in [4.78, 5) is 0. The largest absolute Gasteiger partial charge is 0.496 e. The molecule has 3 aromatic carbocycles. The molecule has 0 unspecified atom stereocenters. The van der Waals surface area contributed by atoms with Gasteiger partial charge in [-0.1, -0.05) is 60.7 Å². The number of fused-ring (bicyclic) bond motifs is 1. The second kappa shape index (κ2) is 7.76. The number of benzene rings is 3. The summed E-state index contributed by atoms with van der Waals surface area (Å²) in [6.45, 7) is 0. The van der Waals surface area contributed by atoms with Crippen molar-refractivity contribution >= 4 is 17.0 Å². The number of rotatable bonds is 4. The molecule has 0 radical (unpaired) electrons. The molecule has 0 aliphatic heterocycles. The molecule has 0 amide bonds. The fourth-order valence-corrected chi connectivity index (χ4v) is 3.36. The van der Waals surface area contributed by atoms with Crippen molar-refractivity contribution < 1.29 is 9.15 Å². The molecule has 0 saturated heterocycles. The predicted octanol–water partition coefficient (Wildman–Crippen LogP) is 6.21. The van der Waals surface area contributed by atoms with E-state index in [1.54, 1.807) is 7.11 Å². The summed E-state index contributed by atoms with van der Waals surface area (Å²) in [7, 11) is 1.57. The van der Waals surface area contributed by atoms with E-state index >= 15 is 0 Å². The standard InChI is InChI=1S/C25H16N2O2/c1-28-22-14-21-23(13-20(22)12-17(15-26)16-27)29-25(19-10-6-3-7-11-19)24(21)18-8-4-2-5-9-18/h2-14H,1H3. The van der Waals surface area contributed by atoms with Gasteiger partial charge in [0.05, 0.1) is 7.11 Å². The molecule has 4 rings (SSSR count). The highest BCUT2D eigenvalue weighted by atomic mass is 16.5. The second-order valence-electron chi connectivity index (χ2n) is 6.41. The van der Waals surface area contributed by atoms with Gasteiger partial charge < -0.3 is 9.15 Å². The lowest BCUT2D eigenvalue weighted by Gasteiger charge is -2.06. The molecule has 0 bridgehead atoms. The van der Waals surface area contributed by atoms with Crippen LogP contribution in [-0.2, 0) is 0 Å². The Kier molecular flexibility index (Phi) is 4.84. The predicted molar refractivity (Wildman–Crippen MR) is 113 cm³/mol. The van der Waals surface area contributed by atoms with E-state index in [0.29, 0.717) is 16.9 Å². The van der Waals surface area contributed by atoms with Gasteiger partial charge in [0, 0.05) is 22.1 Å². The molecule has 0 atom stereocenters. The van der Waals surface area contributed by atoms with Crippen molar-refractivity contribution in [3.8, 4) is 40.3 Å². The Morgan fingerprint density at radius 3 is 2.10 bits per heavy atom. The maximum absolute atomic E-state index is 9.10. The topological polar surface area (TPSA) is 69.9 Å². The number of hydrogen-bond donors (Lipinski definition) is 0. The third kappa shape index (κ3) is 3.36. The maximum atomic E-state index is 9.10. The zero-order valence-corrected chi connectivity index (χ0v) is 15.7. The highest BCUT2D eigenvalue weighted by molar-refractivity contribution is 6.03. The second-order valence-corrected chi connectivity index (χ2v) is 6.41. The highest BCUT2D eigenvalue weighted by Gasteiger charge is 2.19. The van der Waals surface area contributed by atoms with Crippen molar-refractivity contribution in [1.29, 1.82) is 10.5 Å². The zero-order chi connectivity index (χ0) is 20.2. The third-order valence-corrected chi connectivity index (χ3v) is 4.68. The Morgan fingerprint density at radius 1 is 0.897 bits per heavy atom. The average molecular weight is 376 g/mol. The van der Waals surface area contributed by atoms with E-state index < -0.39 is 0 Å². The molecule has 29 heavy (non-hydrogen) atoms. The van der Waals surface area contributed by atoms with Crippen molar-refractivity contribution in [2.75, 3.05) is 7.11 Å². The summed E-state index contributed by atoms with van der Waals surface area (Å²) in [6, 6.07) is 27.4. The first kappa shape index (κ1) is 18.1. The average Bonchev–Trinajstić information content (AvgIpc) is 3.16. The molecule has 4 heteroatoms. The van der Waals surface area contributed by atoms with E-state index in [1.165, 1.54) is 6.08 Å². The van der Waals surface area contributed by atoms with Crippen LogP contribution in [0.25, 0.3) is 39.5 Å². The van der Waals surface area contributed by atoms with E-state index in [-0.39, 0.29) is 5.57 Å². The van der Waals surface area contributed by atoms with Gasteiger partial charge in [0.25, 0.3) is 0 Å². The van der Waals surface area contributed by atoms with Gasteiger partial charge in [-0.3, -0.25) is 0 Å². The summed E-state index contributed by atoms with van der Waals surface area (Å²) in [5.41, 5.74) is 4.25. The fourth-order valence-electron chi connectivity index (χ4n) is 3.36. The van der Waals surface area contributed by atoms with Crippen molar-refractivity contribution in [3.63, 3.8) is 0 Å². The molecule has 1 heterocycles. The molecule has 0 saturated carbocycles. The van der Waals surface area contributed by atoms with E-state index in [2.05, 4.69) is 0 Å². The zero-order valence-electron chi connectivity index (χ0n) is 15.7. The molecule has 1 aromatic heterocycles. The number of nitrogens with zero attached hydrogens (tertiary/aromatic N) is 2. The van der Waals surface area contributed by atoms with Crippen LogP contribution in [0.3, 0.4) is 0 Å². The molecular formula is C25H16N2O2. The summed E-state index contributed by atoms with van der Waals surface area (Å²) in [5, 5.41) is 19.1. The van der Waals surface area contributed by atoms with Gasteiger partial charge in [0.1, 0.15) is 34.8 Å². The lowest BCUT2D eigenvalue weighted by molar-refractivity contribution is 0.414. The van der Waals surface area contributed by atoms with Crippen LogP contribution in [0.1, 0.15) is 5.56 Å². The Morgan fingerprint density at radius 2 is 1.52 bits per heavy atom. The van der Waals surface area contributed by atoms with Crippen LogP contribution in [0.2, 0.25) is 0 Å². The molecule has 4 aromatic rings. The summed E-state index contributed by atoms with van der Waals surface area (Å²) < 4.78 is 11.8. The smallest absolute Gasteiger partial charge is 0.143 e. The molecule has 0 fully saturated rings. The van der Waals surface area contributed by atoms with E-state index in [0.717, 1.165) is 27.8 Å². The van der Waals surface area contributed by atoms with Crippen LogP contribution < -0.4 is 4.74 Å². The molecule has 0 aliphatic carbocycles. The van der Waals surface area contributed by atoms with Crippen LogP contribution in [0, 0.1) is 22.7 Å². The van der Waals surface area contributed by atoms with Gasteiger partial charge in [-0.2, -0.15) is 10.5 Å². The Hall–Kier alpha value is -4.28. The number of allylic oxidation sites excluding steroid dienone is 1. The van der Waals surface area contributed by atoms with Crippen LogP contribution in [0.4, 0.5) is 0 Å². The van der Waals surface area contributed by atoms with Gasteiger partial charge in [0.15, 0.2) is 0 Å². The lowest BCUT2D eigenvalue weighted by Crippen LogP contribution is -1.88. The summed E-state index contributed by atoms with van der Waals surface area (Å²) in [6.07, 6.45) is 1.51. The quantitative estimate of drug-likeness (QED) is 0.397. The van der Waals surface area contributed by atoms with Gasteiger partial charge >= 0.3 is 0 Å². The molecule has 0 N–H and O–H groups in total. The molecule has 0 aliphatic rings. The highest BCUT2D eigenvalue weighted by Crippen LogP contribution is 2.43. The first-order valence-corrected chi connectivity index (χ1v) is 9.02. The lowest BCUT2D eigenvalue weighted by atomic mass is 9.97. The Labute approximate surface area is 168 Å². The first-order chi connectivity index (χ1) is 14.2. The van der Waals surface area contributed by atoms with E-state index in [9.17, 15) is 0 Å². The maximum Gasteiger partial charge on any atom is 0.143 e. The normalized spacial score (nSPS) is 10.2. The number of methoxy groups -OCH3 is 1. The minimum absolute atomic E-state index is 0.000715. The van der Waals surface area contributed by atoms with E-state index in [1.807, 2.05) is 84.9 Å². The molecular weight excluding hydrogens is 360 g/mol. The Bertz CT molecular complexity index is 1270. The summed E-state index contributed by atoms with van der Waals surface area (Å²) >= 11 is 0. The number of ether oxygens (including phenoxy) is 1. The van der Waals surface area contributed by atoms with Crippen molar-refractivity contribution in [3.05, 3.63) is 83.9 Å². The molecule has 138 valence electrons. The minimum atomic E-state index is 0.000715. The van der Waals surface area contributed by atoms with Crippen LogP contribution in [-0.4, -0.2) is 7.11 Å². The number of furan rings is 1. The van der Waals surface area contributed by atoms with Crippen LogP contribution in [0.5, 0.6) is 5.75 Å². The molecule has 4 nitrogen and oxygen atoms in total. The van der Waals surface area contributed by atoms with Crippen LogP contribution >= 0.6 is 0 Å². The van der Waals surface area contributed by atoms with Gasteiger partial charge in [-0.25, -0.2) is 0 Å². The third-order valence-electron chi connectivity index (χ3n) is 4.68. The fraction of sp³-hybridized carbons (Fsp3) is 0.0400. The first-order valence-electron chi connectivity index (χ1n) is 9.02. The minimum Gasteiger partial charge on any atom is -0.496 e. The van der Waals surface area contributed by atoms with Crippen LogP contribution in [0.15, 0.2) is 82.8 Å². The van der Waals surface area contributed by atoms with E-state index in [4.69, 9.17) is 19.7 Å². The monoisotopic (exact) mass is 376 g/mol. The summed E-state index contributed by atoms with van der Waals surface area (Å²) in [5.74, 6) is 1.33. The van der Waals surface area contributed by atoms with Crippen molar-refractivity contribution in [2.45, 2.75) is 0 Å². The Balaban J connectivity index is 2.05. The SMILES string of the molecule is COc1cc2c(-c3ccccc3)c(-c3ccccc3)oc2cc1C=C(C#N)C#N. The van der Waals surface area contributed by atoms with Gasteiger partial charge in [-0.15, -0.1) is 0 Å². The van der Waals surface area contributed by atoms with Crippen molar-refractivity contribution in [1.82, 2.24) is 0 Å². The van der Waals surface area contributed by atoms with Gasteiger partial charge in [0.2, 0.25) is 0 Å². The number of nitriles is 2. The van der Waals surface area contributed by atoms with Gasteiger partial charge in [-0.05, 0) is 23.8 Å². The number of hydrogen-bond acceptors (Lipinski definition) is 4.